The van der Waals surface area contributed by atoms with Crippen LogP contribution in [-0.2, 0) is 4.79 Å². The fourth-order valence-corrected chi connectivity index (χ4v) is 2.28. The first kappa shape index (κ1) is 14.5. The van der Waals surface area contributed by atoms with Gasteiger partial charge in [-0.3, -0.25) is 0 Å². The summed E-state index contributed by atoms with van der Waals surface area (Å²) in [6.45, 7) is -0.130. The van der Waals surface area contributed by atoms with Crippen LogP contribution in [0, 0.1) is 5.82 Å². The molecular formula is C12H12ClFN2O4. The summed E-state index contributed by atoms with van der Waals surface area (Å²) in [7, 11) is 0. The van der Waals surface area contributed by atoms with Gasteiger partial charge in [0.25, 0.3) is 0 Å². The van der Waals surface area contributed by atoms with Crippen molar-refractivity contribution in [3.05, 3.63) is 29.0 Å². The topological polar surface area (TPSA) is 89.9 Å². The summed E-state index contributed by atoms with van der Waals surface area (Å²) in [5.41, 5.74) is -0.218. The second-order valence-corrected chi connectivity index (χ2v) is 4.83. The van der Waals surface area contributed by atoms with Gasteiger partial charge in [0.2, 0.25) is 0 Å². The van der Waals surface area contributed by atoms with E-state index in [2.05, 4.69) is 5.32 Å². The van der Waals surface area contributed by atoms with E-state index in [-0.39, 0.29) is 23.7 Å². The van der Waals surface area contributed by atoms with Gasteiger partial charge in [0.05, 0.1) is 16.8 Å². The molecule has 1 aliphatic rings. The van der Waals surface area contributed by atoms with Gasteiger partial charge in [0, 0.05) is 13.0 Å². The minimum absolute atomic E-state index is 0.00460. The quantitative estimate of drug-likeness (QED) is 0.773. The largest absolute Gasteiger partial charge is 0.480 e. The van der Waals surface area contributed by atoms with Crippen LogP contribution in [0.4, 0.5) is 14.9 Å². The van der Waals surface area contributed by atoms with E-state index in [0.29, 0.717) is 0 Å². The number of carboxylic acids is 1. The molecule has 3 N–H and O–H groups in total. The molecular weight excluding hydrogens is 291 g/mol. The van der Waals surface area contributed by atoms with E-state index in [9.17, 15) is 19.1 Å². The Labute approximate surface area is 118 Å². The van der Waals surface area contributed by atoms with Gasteiger partial charge in [0.1, 0.15) is 11.9 Å². The van der Waals surface area contributed by atoms with Crippen molar-refractivity contribution in [1.29, 1.82) is 0 Å². The fraction of sp³-hybridized carbons (Fsp3) is 0.333. The Balaban J connectivity index is 2.18. The zero-order valence-electron chi connectivity index (χ0n) is 10.2. The first-order chi connectivity index (χ1) is 9.40. The molecule has 0 aliphatic carbocycles. The van der Waals surface area contributed by atoms with Gasteiger partial charge in [-0.2, -0.15) is 0 Å². The number of amides is 2. The second kappa shape index (κ2) is 5.64. The number of β-amino-alcohol motifs (C(OH)–C–C–N with tert-alkyl or cyclic N) is 1. The van der Waals surface area contributed by atoms with Crippen LogP contribution in [0.2, 0.25) is 5.02 Å². The van der Waals surface area contributed by atoms with Crippen molar-refractivity contribution in [3.63, 3.8) is 0 Å². The van der Waals surface area contributed by atoms with Gasteiger partial charge >= 0.3 is 12.0 Å². The van der Waals surface area contributed by atoms with Crippen LogP contribution < -0.4 is 5.32 Å². The molecule has 0 unspecified atom stereocenters. The Morgan fingerprint density at radius 1 is 1.45 bits per heavy atom. The molecule has 0 bridgehead atoms. The predicted octanol–water partition coefficient (Wildman–Crippen LogP) is 1.53. The average Bonchev–Trinajstić information content (AvgIpc) is 2.76. The lowest BCUT2D eigenvalue weighted by Crippen LogP contribution is -2.43. The number of aliphatic carboxylic acids is 1. The lowest BCUT2D eigenvalue weighted by atomic mass is 10.2. The lowest BCUT2D eigenvalue weighted by molar-refractivity contribution is -0.141. The normalized spacial score (nSPS) is 21.9. The van der Waals surface area contributed by atoms with Crippen molar-refractivity contribution in [1.82, 2.24) is 4.90 Å². The summed E-state index contributed by atoms with van der Waals surface area (Å²) in [5, 5.41) is 20.7. The summed E-state index contributed by atoms with van der Waals surface area (Å²) in [5.74, 6) is -1.95. The molecule has 20 heavy (non-hydrogen) atoms. The maximum Gasteiger partial charge on any atom is 0.326 e. The molecule has 1 saturated heterocycles. The first-order valence-corrected chi connectivity index (χ1v) is 6.20. The van der Waals surface area contributed by atoms with E-state index in [0.717, 1.165) is 11.0 Å². The van der Waals surface area contributed by atoms with Gasteiger partial charge in [-0.1, -0.05) is 17.7 Å². The third kappa shape index (κ3) is 2.83. The number of hydrogen-bond donors (Lipinski definition) is 3. The van der Waals surface area contributed by atoms with Crippen LogP contribution in [0.1, 0.15) is 6.42 Å². The summed E-state index contributed by atoms with van der Waals surface area (Å²) in [6, 6.07) is 1.94. The standard InChI is InChI=1S/C12H12ClFN2O4/c13-7-2-1-3-8(14)10(7)15-12(20)16-5-6(17)4-9(16)11(18)19/h1-3,6,9,17H,4-5H2,(H,15,20)(H,18,19)/t6-,9+/m1/s1. The number of nitrogens with zero attached hydrogens (tertiary/aromatic N) is 1. The summed E-state index contributed by atoms with van der Waals surface area (Å²) in [6.07, 6.45) is -0.980. The number of aliphatic hydroxyl groups is 1. The molecule has 0 aromatic heterocycles. The van der Waals surface area contributed by atoms with Gasteiger partial charge < -0.3 is 20.4 Å². The van der Waals surface area contributed by atoms with Gasteiger partial charge in [-0.15, -0.1) is 0 Å². The first-order valence-electron chi connectivity index (χ1n) is 5.82. The molecule has 0 saturated carbocycles. The molecule has 0 spiro atoms. The van der Waals surface area contributed by atoms with Gasteiger partial charge in [-0.25, -0.2) is 14.0 Å². The molecule has 8 heteroatoms. The van der Waals surface area contributed by atoms with Crippen molar-refractivity contribution < 1.29 is 24.2 Å². The van der Waals surface area contributed by atoms with E-state index in [1.165, 1.54) is 12.1 Å². The van der Waals surface area contributed by atoms with Crippen molar-refractivity contribution in [2.24, 2.45) is 0 Å². The Kier molecular flexibility index (Phi) is 4.10. The second-order valence-electron chi connectivity index (χ2n) is 4.42. The number of para-hydroxylation sites is 1. The minimum atomic E-state index is -1.23. The molecule has 108 valence electrons. The Hall–Kier alpha value is -1.86. The monoisotopic (exact) mass is 302 g/mol. The zero-order valence-corrected chi connectivity index (χ0v) is 11.0. The number of urea groups is 1. The lowest BCUT2D eigenvalue weighted by Gasteiger charge is -2.22. The zero-order chi connectivity index (χ0) is 14.9. The summed E-state index contributed by atoms with van der Waals surface area (Å²) in [4.78, 5) is 24.0. The highest BCUT2D eigenvalue weighted by molar-refractivity contribution is 6.33. The highest BCUT2D eigenvalue weighted by Gasteiger charge is 2.39. The fourth-order valence-electron chi connectivity index (χ4n) is 2.07. The van der Waals surface area contributed by atoms with Crippen LogP contribution in [0.15, 0.2) is 18.2 Å². The van der Waals surface area contributed by atoms with E-state index in [1.54, 1.807) is 0 Å². The number of carboxylic acid groups (broad SMARTS) is 1. The van der Waals surface area contributed by atoms with E-state index < -0.39 is 30.0 Å². The number of rotatable bonds is 2. The molecule has 1 aliphatic heterocycles. The molecule has 0 radical (unpaired) electrons. The third-order valence-electron chi connectivity index (χ3n) is 3.02. The number of hydrogen-bond acceptors (Lipinski definition) is 3. The molecule has 1 aromatic carbocycles. The number of benzene rings is 1. The minimum Gasteiger partial charge on any atom is -0.480 e. The van der Waals surface area contributed by atoms with Crippen LogP contribution in [0.3, 0.4) is 0 Å². The van der Waals surface area contributed by atoms with Crippen LogP contribution >= 0.6 is 11.6 Å². The third-order valence-corrected chi connectivity index (χ3v) is 3.33. The highest BCUT2D eigenvalue weighted by atomic mass is 35.5. The van der Waals surface area contributed by atoms with Crippen molar-refractivity contribution >= 4 is 29.3 Å². The molecule has 2 atom stereocenters. The number of anilines is 1. The number of aliphatic hydroxyl groups excluding tert-OH is 1. The number of halogens is 2. The van der Waals surface area contributed by atoms with Crippen LogP contribution in [-0.4, -0.2) is 45.8 Å². The molecule has 6 nitrogen and oxygen atoms in total. The van der Waals surface area contributed by atoms with Gasteiger partial charge in [0.15, 0.2) is 0 Å². The highest BCUT2D eigenvalue weighted by Crippen LogP contribution is 2.26. The number of carbonyl (C=O) groups is 2. The van der Waals surface area contributed by atoms with Crippen molar-refractivity contribution in [3.8, 4) is 0 Å². The Morgan fingerprint density at radius 2 is 2.15 bits per heavy atom. The number of nitrogens with one attached hydrogen (secondary N) is 1. The summed E-state index contributed by atoms with van der Waals surface area (Å²) < 4.78 is 13.5. The van der Waals surface area contributed by atoms with Gasteiger partial charge in [-0.05, 0) is 12.1 Å². The Bertz CT molecular complexity index is 534. The number of likely N-dealkylation sites (tertiary alicyclic amines) is 1. The maximum atomic E-state index is 13.5. The molecule has 2 rings (SSSR count). The Morgan fingerprint density at radius 3 is 2.75 bits per heavy atom. The van der Waals surface area contributed by atoms with E-state index in [1.807, 2.05) is 0 Å². The average molecular weight is 303 g/mol. The van der Waals surface area contributed by atoms with E-state index in [4.69, 9.17) is 16.7 Å². The number of carbonyl (C=O) groups excluding carboxylic acids is 1. The van der Waals surface area contributed by atoms with Crippen molar-refractivity contribution in [2.45, 2.75) is 18.6 Å². The van der Waals surface area contributed by atoms with Crippen LogP contribution in [0.5, 0.6) is 0 Å². The van der Waals surface area contributed by atoms with Crippen LogP contribution in [0.25, 0.3) is 0 Å². The van der Waals surface area contributed by atoms with Crippen molar-refractivity contribution in [2.75, 3.05) is 11.9 Å². The molecule has 1 fully saturated rings. The summed E-state index contributed by atoms with van der Waals surface area (Å²) >= 11 is 5.77. The molecule has 1 aromatic rings. The molecule has 1 heterocycles. The molecule has 2 amide bonds. The predicted molar refractivity (Wildman–Crippen MR) is 69.2 cm³/mol. The SMILES string of the molecule is O=C(O)[C@@H]1C[C@@H](O)CN1C(=O)Nc1c(F)cccc1Cl. The maximum absolute atomic E-state index is 13.5. The van der Waals surface area contributed by atoms with E-state index >= 15 is 0 Å². The smallest absolute Gasteiger partial charge is 0.326 e.